The highest BCUT2D eigenvalue weighted by atomic mass is 15.2. The third kappa shape index (κ3) is 3.08. The molecule has 1 N–H and O–H groups in total. The number of nitrogens with zero attached hydrogens (tertiary/aromatic N) is 1. The maximum absolute atomic E-state index is 3.51. The second kappa shape index (κ2) is 5.50. The number of hydrogen-bond acceptors (Lipinski definition) is 2. The molecule has 18 heavy (non-hydrogen) atoms. The van der Waals surface area contributed by atoms with Crippen molar-refractivity contribution in [3.05, 3.63) is 0 Å². The molecule has 3 unspecified atom stereocenters. The Bertz CT molecular complexity index is 255. The summed E-state index contributed by atoms with van der Waals surface area (Å²) in [6, 6.07) is 2.46. The van der Waals surface area contributed by atoms with Crippen LogP contribution in [0.5, 0.6) is 0 Å². The van der Waals surface area contributed by atoms with Crippen molar-refractivity contribution in [3.8, 4) is 0 Å². The molecule has 0 aromatic heterocycles. The molecule has 2 aliphatic heterocycles. The van der Waals surface area contributed by atoms with Crippen LogP contribution < -0.4 is 5.32 Å². The van der Waals surface area contributed by atoms with Crippen LogP contribution in [-0.2, 0) is 0 Å². The van der Waals surface area contributed by atoms with Gasteiger partial charge in [0.25, 0.3) is 0 Å². The number of nitrogens with one attached hydrogen (secondary N) is 1. The molecule has 2 heterocycles. The monoisotopic (exact) mass is 252 g/mol. The van der Waals surface area contributed by atoms with Crippen LogP contribution in [0, 0.1) is 11.3 Å². The number of hydrogen-bond donors (Lipinski definition) is 1. The van der Waals surface area contributed by atoms with Crippen LogP contribution >= 0.6 is 0 Å². The molecular formula is C16H32N2. The number of rotatable bonds is 3. The Kier molecular flexibility index (Phi) is 4.38. The Morgan fingerprint density at radius 3 is 2.17 bits per heavy atom. The number of piperidine rings is 2. The van der Waals surface area contributed by atoms with Crippen molar-refractivity contribution < 1.29 is 0 Å². The van der Waals surface area contributed by atoms with Gasteiger partial charge in [0.1, 0.15) is 0 Å². The van der Waals surface area contributed by atoms with E-state index in [0.717, 1.165) is 24.0 Å². The Morgan fingerprint density at radius 2 is 1.72 bits per heavy atom. The summed E-state index contributed by atoms with van der Waals surface area (Å²) in [5.74, 6) is 0.784. The van der Waals surface area contributed by atoms with Gasteiger partial charge < -0.3 is 5.32 Å². The van der Waals surface area contributed by atoms with E-state index in [0.29, 0.717) is 5.41 Å². The molecule has 2 heteroatoms. The molecule has 0 amide bonds. The zero-order valence-electron chi connectivity index (χ0n) is 13.0. The molecular weight excluding hydrogens is 220 g/mol. The third-order valence-corrected chi connectivity index (χ3v) is 5.50. The second-order valence-corrected chi connectivity index (χ2v) is 7.66. The Morgan fingerprint density at radius 1 is 1.17 bits per heavy atom. The first-order chi connectivity index (χ1) is 8.41. The lowest BCUT2D eigenvalue weighted by atomic mass is 9.77. The lowest BCUT2D eigenvalue weighted by Crippen LogP contribution is -2.57. The largest absolute Gasteiger partial charge is 0.317 e. The molecule has 2 aliphatic rings. The lowest BCUT2D eigenvalue weighted by Gasteiger charge is -2.50. The van der Waals surface area contributed by atoms with Gasteiger partial charge in [-0.1, -0.05) is 34.1 Å². The van der Waals surface area contributed by atoms with Crippen LogP contribution in [-0.4, -0.2) is 36.6 Å². The molecule has 0 aromatic rings. The lowest BCUT2D eigenvalue weighted by molar-refractivity contribution is 0.00166. The predicted molar refractivity (Wildman–Crippen MR) is 78.8 cm³/mol. The maximum Gasteiger partial charge on any atom is 0.0113 e. The van der Waals surface area contributed by atoms with Gasteiger partial charge in [-0.15, -0.1) is 0 Å². The summed E-state index contributed by atoms with van der Waals surface area (Å²) < 4.78 is 0. The normalized spacial score (nSPS) is 35.5. The van der Waals surface area contributed by atoms with Crippen molar-refractivity contribution in [3.63, 3.8) is 0 Å². The fourth-order valence-corrected chi connectivity index (χ4v) is 3.60. The quantitative estimate of drug-likeness (QED) is 0.829. The summed E-state index contributed by atoms with van der Waals surface area (Å²) in [6.45, 7) is 10.9. The molecule has 0 aliphatic carbocycles. The van der Waals surface area contributed by atoms with Gasteiger partial charge in [-0.05, 0) is 44.1 Å². The summed E-state index contributed by atoms with van der Waals surface area (Å²) in [4.78, 5) is 2.85. The van der Waals surface area contributed by atoms with E-state index in [1.165, 1.54) is 38.6 Å². The minimum absolute atomic E-state index is 0.439. The summed E-state index contributed by atoms with van der Waals surface area (Å²) in [7, 11) is 2.13. The average molecular weight is 252 g/mol. The minimum Gasteiger partial charge on any atom is -0.317 e. The summed E-state index contributed by atoms with van der Waals surface area (Å²) in [6.07, 6.45) is 7.02. The molecule has 2 fully saturated rings. The summed E-state index contributed by atoms with van der Waals surface area (Å²) >= 11 is 0. The minimum atomic E-state index is 0.439. The fraction of sp³-hybridized carbons (Fsp3) is 1.00. The van der Waals surface area contributed by atoms with Gasteiger partial charge in [0, 0.05) is 24.7 Å². The van der Waals surface area contributed by atoms with Gasteiger partial charge >= 0.3 is 0 Å². The molecule has 3 atom stereocenters. The van der Waals surface area contributed by atoms with E-state index in [1.54, 1.807) is 0 Å². The van der Waals surface area contributed by atoms with E-state index < -0.39 is 0 Å². The number of fused-ring (bicyclic) bond motifs is 2. The van der Waals surface area contributed by atoms with Gasteiger partial charge in [0.15, 0.2) is 0 Å². The van der Waals surface area contributed by atoms with Gasteiger partial charge in [-0.3, -0.25) is 4.90 Å². The highest BCUT2D eigenvalue weighted by Gasteiger charge is 2.39. The molecule has 2 nitrogen and oxygen atoms in total. The van der Waals surface area contributed by atoms with E-state index in [1.807, 2.05) is 0 Å². The fourth-order valence-electron chi connectivity index (χ4n) is 3.60. The first-order valence-electron chi connectivity index (χ1n) is 7.85. The van der Waals surface area contributed by atoms with E-state index >= 15 is 0 Å². The molecule has 106 valence electrons. The third-order valence-electron chi connectivity index (χ3n) is 5.50. The Balaban J connectivity index is 2.00. The standard InChI is InChI=1S/C16H32N2/c1-12(16(2,3)4)11-18-14-7-6-8-15(18)10-13(9-14)17-5/h12-15,17H,6-11H2,1-5H3. The summed E-state index contributed by atoms with van der Waals surface area (Å²) in [5.41, 5.74) is 0.439. The molecule has 2 bridgehead atoms. The Labute approximate surface area is 114 Å². The first-order valence-corrected chi connectivity index (χ1v) is 7.85. The zero-order valence-corrected chi connectivity index (χ0v) is 13.0. The van der Waals surface area contributed by atoms with Crippen molar-refractivity contribution in [2.24, 2.45) is 11.3 Å². The maximum atomic E-state index is 3.51. The van der Waals surface area contributed by atoms with Crippen molar-refractivity contribution in [2.45, 2.75) is 77.9 Å². The van der Waals surface area contributed by atoms with Gasteiger partial charge in [0.05, 0.1) is 0 Å². The second-order valence-electron chi connectivity index (χ2n) is 7.66. The smallest absolute Gasteiger partial charge is 0.0113 e. The predicted octanol–water partition coefficient (Wildman–Crippen LogP) is 3.27. The molecule has 2 rings (SSSR count). The zero-order chi connectivity index (χ0) is 13.3. The van der Waals surface area contributed by atoms with E-state index in [9.17, 15) is 0 Å². The van der Waals surface area contributed by atoms with Crippen molar-refractivity contribution in [2.75, 3.05) is 13.6 Å². The van der Waals surface area contributed by atoms with E-state index in [-0.39, 0.29) is 0 Å². The van der Waals surface area contributed by atoms with Gasteiger partial charge in [0.2, 0.25) is 0 Å². The van der Waals surface area contributed by atoms with Crippen LogP contribution in [0.3, 0.4) is 0 Å². The van der Waals surface area contributed by atoms with Crippen LogP contribution in [0.2, 0.25) is 0 Å². The van der Waals surface area contributed by atoms with Crippen LogP contribution in [0.1, 0.15) is 59.8 Å². The van der Waals surface area contributed by atoms with Crippen molar-refractivity contribution in [1.29, 1.82) is 0 Å². The molecule has 2 saturated heterocycles. The van der Waals surface area contributed by atoms with Crippen molar-refractivity contribution >= 4 is 0 Å². The average Bonchev–Trinajstić information content (AvgIpc) is 2.27. The molecule has 0 spiro atoms. The van der Waals surface area contributed by atoms with E-state index in [2.05, 4.69) is 45.0 Å². The molecule has 0 aromatic carbocycles. The van der Waals surface area contributed by atoms with Crippen molar-refractivity contribution in [1.82, 2.24) is 10.2 Å². The highest BCUT2D eigenvalue weighted by Crippen LogP contribution is 2.36. The molecule has 0 radical (unpaired) electrons. The van der Waals surface area contributed by atoms with Gasteiger partial charge in [-0.25, -0.2) is 0 Å². The Hall–Kier alpha value is -0.0800. The highest BCUT2D eigenvalue weighted by molar-refractivity contribution is 4.95. The first kappa shape index (κ1) is 14.3. The summed E-state index contributed by atoms with van der Waals surface area (Å²) in [5, 5.41) is 3.51. The van der Waals surface area contributed by atoms with Gasteiger partial charge in [-0.2, -0.15) is 0 Å². The van der Waals surface area contributed by atoms with E-state index in [4.69, 9.17) is 0 Å². The van der Waals surface area contributed by atoms with Crippen LogP contribution in [0.4, 0.5) is 0 Å². The van der Waals surface area contributed by atoms with Crippen LogP contribution in [0.25, 0.3) is 0 Å². The topological polar surface area (TPSA) is 15.3 Å². The molecule has 0 saturated carbocycles. The SMILES string of the molecule is CNC1CC2CCCC(C1)N2CC(C)C(C)(C)C. The van der Waals surface area contributed by atoms with Crippen LogP contribution in [0.15, 0.2) is 0 Å².